The molecule has 2 bridgehead atoms. The fraction of sp³-hybridized carbons (Fsp3) is 0.600. The van der Waals surface area contributed by atoms with Crippen LogP contribution in [0.25, 0.3) is 0 Å². The number of hydrogen-bond donors (Lipinski definition) is 1. The van der Waals surface area contributed by atoms with Gasteiger partial charge in [0, 0.05) is 49.3 Å². The Balaban J connectivity index is 1.09. The van der Waals surface area contributed by atoms with Crippen LogP contribution in [0.4, 0.5) is 0 Å². The second-order valence-electron chi connectivity index (χ2n) is 9.92. The van der Waals surface area contributed by atoms with Gasteiger partial charge in [0.15, 0.2) is 11.5 Å². The molecule has 1 N–H and O–H groups in total. The Hall–Kier alpha value is -2.54. The lowest BCUT2D eigenvalue weighted by molar-refractivity contribution is 0.0280. The van der Waals surface area contributed by atoms with Gasteiger partial charge in [-0.3, -0.25) is 14.4 Å². The Morgan fingerprint density at radius 1 is 1.16 bits per heavy atom. The minimum absolute atomic E-state index is 0.0460. The standard InChI is InChI=1S/C25H32N4O3/c1-28-22(12-21(27-28)16-4-2-3-5-16)20-14-29-9-8-17(20)10-19(29)13-26-25(30)18-6-7-23-24(11-18)32-15-31-23/h6-7,11-12,16-17,19-20H,2-5,8-10,13-15H2,1H3,(H,26,30). The van der Waals surface area contributed by atoms with Gasteiger partial charge in [0.05, 0.1) is 5.69 Å². The molecule has 7 nitrogen and oxygen atoms in total. The van der Waals surface area contributed by atoms with Crippen LogP contribution < -0.4 is 14.8 Å². The summed E-state index contributed by atoms with van der Waals surface area (Å²) in [5.74, 6) is 3.19. The topological polar surface area (TPSA) is 68.6 Å². The maximum Gasteiger partial charge on any atom is 0.251 e. The smallest absolute Gasteiger partial charge is 0.251 e. The predicted octanol–water partition coefficient (Wildman–Crippen LogP) is 3.41. The van der Waals surface area contributed by atoms with Crippen molar-refractivity contribution in [2.45, 2.75) is 56.4 Å². The Kier molecular flexibility index (Phi) is 5.09. The van der Waals surface area contributed by atoms with Crippen LogP contribution in [0.2, 0.25) is 0 Å². The second kappa shape index (κ2) is 8.10. The van der Waals surface area contributed by atoms with Gasteiger partial charge >= 0.3 is 0 Å². The average molecular weight is 437 g/mol. The van der Waals surface area contributed by atoms with E-state index in [1.165, 1.54) is 43.5 Å². The largest absolute Gasteiger partial charge is 0.454 e. The van der Waals surface area contributed by atoms with E-state index in [2.05, 4.69) is 28.0 Å². The molecule has 0 spiro atoms. The molecule has 1 amide bonds. The van der Waals surface area contributed by atoms with Gasteiger partial charge in [-0.15, -0.1) is 0 Å². The van der Waals surface area contributed by atoms with Crippen LogP contribution >= 0.6 is 0 Å². The second-order valence-corrected chi connectivity index (χ2v) is 9.92. The molecule has 4 fully saturated rings. The van der Waals surface area contributed by atoms with Crippen molar-refractivity contribution < 1.29 is 14.3 Å². The third kappa shape index (κ3) is 3.56. The van der Waals surface area contributed by atoms with E-state index in [1.54, 1.807) is 12.1 Å². The molecule has 7 heteroatoms. The van der Waals surface area contributed by atoms with Crippen molar-refractivity contribution in [2.24, 2.45) is 13.0 Å². The Bertz CT molecular complexity index is 1010. The number of nitrogens with one attached hydrogen (secondary N) is 1. The Labute approximate surface area is 189 Å². The summed E-state index contributed by atoms with van der Waals surface area (Å²) in [4.78, 5) is 15.3. The van der Waals surface area contributed by atoms with E-state index in [4.69, 9.17) is 14.6 Å². The molecule has 0 radical (unpaired) electrons. The van der Waals surface area contributed by atoms with Crippen molar-refractivity contribution in [1.29, 1.82) is 0 Å². The first-order valence-electron chi connectivity index (χ1n) is 12.1. The molecule has 1 aromatic carbocycles. The van der Waals surface area contributed by atoms with Crippen LogP contribution in [0.15, 0.2) is 24.3 Å². The van der Waals surface area contributed by atoms with Crippen molar-refractivity contribution >= 4 is 5.91 Å². The van der Waals surface area contributed by atoms with Gasteiger partial charge in [-0.25, -0.2) is 0 Å². The average Bonchev–Trinajstić information content (AvgIpc) is 3.57. The maximum absolute atomic E-state index is 12.7. The number of ether oxygens (including phenoxy) is 2. The van der Waals surface area contributed by atoms with Crippen molar-refractivity contribution in [3.05, 3.63) is 41.2 Å². The van der Waals surface area contributed by atoms with E-state index in [0.29, 0.717) is 47.4 Å². The lowest BCUT2D eigenvalue weighted by Crippen LogP contribution is -2.56. The number of hydrogen-bond acceptors (Lipinski definition) is 5. The van der Waals surface area contributed by atoms with E-state index < -0.39 is 0 Å². The monoisotopic (exact) mass is 436 g/mol. The summed E-state index contributed by atoms with van der Waals surface area (Å²) < 4.78 is 12.9. The molecule has 3 saturated heterocycles. The summed E-state index contributed by atoms with van der Waals surface area (Å²) in [6.45, 7) is 3.10. The van der Waals surface area contributed by atoms with Gasteiger partial charge < -0.3 is 14.8 Å². The quantitative estimate of drug-likeness (QED) is 0.778. The molecule has 1 aliphatic carbocycles. The molecule has 4 aliphatic heterocycles. The number of rotatable bonds is 5. The highest BCUT2D eigenvalue weighted by molar-refractivity contribution is 5.94. The summed E-state index contributed by atoms with van der Waals surface area (Å²) in [6, 6.07) is 8.19. The first-order valence-corrected chi connectivity index (χ1v) is 12.1. The van der Waals surface area contributed by atoms with E-state index in [-0.39, 0.29) is 12.7 Å². The van der Waals surface area contributed by atoms with Crippen LogP contribution in [0.3, 0.4) is 0 Å². The molecule has 1 aromatic heterocycles. The van der Waals surface area contributed by atoms with Gasteiger partial charge in [0.1, 0.15) is 0 Å². The summed E-state index contributed by atoms with van der Waals surface area (Å²) in [7, 11) is 2.12. The van der Waals surface area contributed by atoms with Gasteiger partial charge in [-0.1, -0.05) is 12.8 Å². The number of nitrogens with zero attached hydrogens (tertiary/aromatic N) is 3. The van der Waals surface area contributed by atoms with Gasteiger partial charge in [-0.2, -0.15) is 5.10 Å². The third-order valence-corrected chi connectivity index (χ3v) is 8.10. The number of carbonyl (C=O) groups excluding carboxylic acids is 1. The van der Waals surface area contributed by atoms with Gasteiger partial charge in [0.2, 0.25) is 6.79 Å². The fourth-order valence-corrected chi connectivity index (χ4v) is 6.31. The molecule has 4 unspecified atom stereocenters. The van der Waals surface area contributed by atoms with Crippen LogP contribution in [0.1, 0.15) is 72.1 Å². The highest BCUT2D eigenvalue weighted by Crippen LogP contribution is 2.43. The summed E-state index contributed by atoms with van der Waals surface area (Å²) >= 11 is 0. The fourth-order valence-electron chi connectivity index (χ4n) is 6.31. The number of amides is 1. The zero-order chi connectivity index (χ0) is 21.7. The van der Waals surface area contributed by atoms with Crippen molar-refractivity contribution in [1.82, 2.24) is 20.0 Å². The molecule has 2 aromatic rings. The number of benzene rings is 1. The molecule has 1 saturated carbocycles. The highest BCUT2D eigenvalue weighted by Gasteiger charge is 2.42. The van der Waals surface area contributed by atoms with E-state index in [1.807, 2.05) is 6.07 Å². The molecule has 32 heavy (non-hydrogen) atoms. The number of aromatic nitrogens is 2. The molecule has 7 rings (SSSR count). The zero-order valence-corrected chi connectivity index (χ0v) is 18.8. The minimum atomic E-state index is -0.0460. The molecule has 5 aliphatic rings. The number of carbonyl (C=O) groups is 1. The van der Waals surface area contributed by atoms with Gasteiger partial charge in [-0.05, 0) is 62.4 Å². The van der Waals surface area contributed by atoms with Crippen LogP contribution in [0.5, 0.6) is 11.5 Å². The Morgan fingerprint density at radius 2 is 2.00 bits per heavy atom. The zero-order valence-electron chi connectivity index (χ0n) is 18.8. The van der Waals surface area contributed by atoms with Crippen LogP contribution in [0, 0.1) is 5.92 Å². The SMILES string of the molecule is Cn1nc(C2CCCC2)cc1C1CN2CCC1CC2CNC(=O)c1ccc2c(c1)OCO2. The highest BCUT2D eigenvalue weighted by atomic mass is 16.7. The number of piperidine rings is 3. The molecule has 4 atom stereocenters. The third-order valence-electron chi connectivity index (χ3n) is 8.10. The maximum atomic E-state index is 12.7. The molecule has 5 heterocycles. The summed E-state index contributed by atoms with van der Waals surface area (Å²) in [5.41, 5.74) is 3.34. The van der Waals surface area contributed by atoms with Crippen LogP contribution in [-0.4, -0.2) is 53.1 Å². The number of aryl methyl sites for hydroxylation is 1. The minimum Gasteiger partial charge on any atom is -0.454 e. The first kappa shape index (κ1) is 20.1. The van der Waals surface area contributed by atoms with Crippen molar-refractivity contribution in [3.63, 3.8) is 0 Å². The molecule has 170 valence electrons. The summed E-state index contributed by atoms with van der Waals surface area (Å²) in [5, 5.41) is 8.07. The normalized spacial score (nSPS) is 28.9. The lowest BCUT2D eigenvalue weighted by Gasteiger charge is -2.50. The molecular weight excluding hydrogens is 404 g/mol. The number of fused-ring (bicyclic) bond motifs is 4. The lowest BCUT2D eigenvalue weighted by atomic mass is 9.74. The van der Waals surface area contributed by atoms with E-state index in [0.717, 1.165) is 19.5 Å². The Morgan fingerprint density at radius 3 is 2.81 bits per heavy atom. The molecular formula is C25H32N4O3. The van der Waals surface area contributed by atoms with Crippen molar-refractivity contribution in [2.75, 3.05) is 26.4 Å². The first-order chi connectivity index (χ1) is 15.7. The van der Waals surface area contributed by atoms with Gasteiger partial charge in [0.25, 0.3) is 5.91 Å². The van der Waals surface area contributed by atoms with Crippen molar-refractivity contribution in [3.8, 4) is 11.5 Å². The van der Waals surface area contributed by atoms with E-state index >= 15 is 0 Å². The summed E-state index contributed by atoms with van der Waals surface area (Å²) in [6.07, 6.45) is 7.65. The van der Waals surface area contributed by atoms with Crippen LogP contribution in [-0.2, 0) is 7.05 Å². The van der Waals surface area contributed by atoms with E-state index in [9.17, 15) is 4.79 Å². The predicted molar refractivity (Wildman–Crippen MR) is 120 cm³/mol.